The van der Waals surface area contributed by atoms with Gasteiger partial charge in [-0.3, -0.25) is 9.78 Å². The van der Waals surface area contributed by atoms with Crippen molar-refractivity contribution in [2.24, 2.45) is 5.41 Å². The van der Waals surface area contributed by atoms with E-state index in [0.29, 0.717) is 12.1 Å². The summed E-state index contributed by atoms with van der Waals surface area (Å²) in [5.41, 5.74) is -0.293. The van der Waals surface area contributed by atoms with Gasteiger partial charge in [0.1, 0.15) is 9.84 Å². The average molecular weight is 269 g/mol. The minimum absolute atomic E-state index is 0.0495. The van der Waals surface area contributed by atoms with Crippen LogP contribution in [0.2, 0.25) is 0 Å². The van der Waals surface area contributed by atoms with Gasteiger partial charge in [0.25, 0.3) is 0 Å². The molecule has 0 aliphatic carbocycles. The van der Waals surface area contributed by atoms with Gasteiger partial charge in [-0.05, 0) is 25.0 Å². The van der Waals surface area contributed by atoms with Crippen LogP contribution >= 0.6 is 0 Å². The first kappa shape index (κ1) is 13.0. The number of rotatable bonds is 3. The molecular weight excluding hydrogens is 254 g/mol. The Morgan fingerprint density at radius 1 is 1.33 bits per heavy atom. The van der Waals surface area contributed by atoms with E-state index in [9.17, 15) is 18.3 Å². The fourth-order valence-corrected chi connectivity index (χ4v) is 3.85. The summed E-state index contributed by atoms with van der Waals surface area (Å²) in [6.07, 6.45) is 2.24. The van der Waals surface area contributed by atoms with Crippen LogP contribution in [-0.2, 0) is 21.1 Å². The molecule has 1 saturated heterocycles. The molecule has 1 aliphatic heterocycles. The summed E-state index contributed by atoms with van der Waals surface area (Å²) in [4.78, 5) is 15.6. The van der Waals surface area contributed by atoms with Crippen LogP contribution in [-0.4, -0.2) is 36.0 Å². The molecule has 0 amide bonds. The lowest BCUT2D eigenvalue weighted by Gasteiger charge is -2.32. The van der Waals surface area contributed by atoms with Gasteiger partial charge in [0.15, 0.2) is 0 Å². The molecule has 1 aromatic rings. The maximum Gasteiger partial charge on any atom is 0.310 e. The number of nitrogens with zero attached hydrogens (tertiary/aromatic N) is 1. The van der Waals surface area contributed by atoms with E-state index in [2.05, 4.69) is 4.98 Å². The second kappa shape index (κ2) is 4.68. The highest BCUT2D eigenvalue weighted by Crippen LogP contribution is 2.36. The summed E-state index contributed by atoms with van der Waals surface area (Å²) < 4.78 is 22.8. The number of aromatic nitrogens is 1. The van der Waals surface area contributed by atoms with Gasteiger partial charge < -0.3 is 5.11 Å². The zero-order chi connectivity index (χ0) is 13.2. The molecular formula is C12H15NO4S. The number of hydrogen-bond acceptors (Lipinski definition) is 4. The molecule has 0 unspecified atom stereocenters. The molecule has 2 heterocycles. The predicted molar refractivity (Wildman–Crippen MR) is 65.9 cm³/mol. The molecule has 1 N–H and O–H groups in total. The molecule has 0 saturated carbocycles. The van der Waals surface area contributed by atoms with Crippen molar-refractivity contribution >= 4 is 15.8 Å². The topological polar surface area (TPSA) is 84.3 Å². The summed E-state index contributed by atoms with van der Waals surface area (Å²) in [6.45, 7) is 0. The van der Waals surface area contributed by atoms with Crippen molar-refractivity contribution in [3.05, 3.63) is 30.1 Å². The first-order valence-corrected chi connectivity index (χ1v) is 7.59. The molecule has 1 fully saturated rings. The van der Waals surface area contributed by atoms with E-state index in [1.54, 1.807) is 24.4 Å². The lowest BCUT2D eigenvalue weighted by molar-refractivity contribution is -0.149. The fraction of sp³-hybridized carbons (Fsp3) is 0.500. The molecule has 0 bridgehead atoms. The van der Waals surface area contributed by atoms with Crippen molar-refractivity contribution in [3.8, 4) is 0 Å². The lowest BCUT2D eigenvalue weighted by atomic mass is 9.78. The van der Waals surface area contributed by atoms with Crippen LogP contribution < -0.4 is 0 Å². The summed E-state index contributed by atoms with van der Waals surface area (Å²) in [5, 5.41) is 9.40. The summed E-state index contributed by atoms with van der Waals surface area (Å²) in [5.74, 6) is -1.03. The fourth-order valence-electron chi connectivity index (χ4n) is 2.24. The normalized spacial score (nSPS) is 21.3. The highest BCUT2D eigenvalue weighted by Gasteiger charge is 2.43. The third-order valence-corrected chi connectivity index (χ3v) is 5.13. The van der Waals surface area contributed by atoms with Crippen molar-refractivity contribution in [2.45, 2.75) is 19.3 Å². The second-order valence-electron chi connectivity index (χ2n) is 4.74. The SMILES string of the molecule is O=C(O)C1(Cc2ccccn2)CCS(=O)(=O)CC1. The highest BCUT2D eigenvalue weighted by atomic mass is 32.2. The van der Waals surface area contributed by atoms with Crippen LogP contribution in [0.15, 0.2) is 24.4 Å². The van der Waals surface area contributed by atoms with E-state index in [-0.39, 0.29) is 24.3 Å². The Morgan fingerprint density at radius 3 is 2.50 bits per heavy atom. The van der Waals surface area contributed by atoms with Gasteiger partial charge in [0.05, 0.1) is 16.9 Å². The zero-order valence-electron chi connectivity index (χ0n) is 9.87. The summed E-state index contributed by atoms with van der Waals surface area (Å²) >= 11 is 0. The molecule has 98 valence electrons. The van der Waals surface area contributed by atoms with E-state index >= 15 is 0 Å². The van der Waals surface area contributed by atoms with Gasteiger partial charge in [-0.25, -0.2) is 8.42 Å². The Hall–Kier alpha value is -1.43. The van der Waals surface area contributed by atoms with E-state index in [1.165, 1.54) is 0 Å². The summed E-state index contributed by atoms with van der Waals surface area (Å²) in [7, 11) is -3.06. The summed E-state index contributed by atoms with van der Waals surface area (Å²) in [6, 6.07) is 5.34. The lowest BCUT2D eigenvalue weighted by Crippen LogP contribution is -2.41. The minimum Gasteiger partial charge on any atom is -0.481 e. The number of pyridine rings is 1. The van der Waals surface area contributed by atoms with E-state index in [0.717, 1.165) is 0 Å². The second-order valence-corrected chi connectivity index (χ2v) is 7.04. The van der Waals surface area contributed by atoms with Crippen LogP contribution in [0.5, 0.6) is 0 Å². The smallest absolute Gasteiger partial charge is 0.310 e. The minimum atomic E-state index is -3.06. The largest absolute Gasteiger partial charge is 0.481 e. The number of hydrogen-bond donors (Lipinski definition) is 1. The van der Waals surface area contributed by atoms with E-state index < -0.39 is 21.2 Å². The van der Waals surface area contributed by atoms with E-state index in [1.807, 2.05) is 0 Å². The Balaban J connectivity index is 2.22. The Labute approximate surface area is 106 Å². The van der Waals surface area contributed by atoms with E-state index in [4.69, 9.17) is 0 Å². The van der Waals surface area contributed by atoms with Crippen LogP contribution in [0, 0.1) is 5.41 Å². The van der Waals surface area contributed by atoms with Crippen molar-refractivity contribution in [1.82, 2.24) is 4.98 Å². The molecule has 5 nitrogen and oxygen atoms in total. The third-order valence-electron chi connectivity index (χ3n) is 3.48. The van der Waals surface area contributed by atoms with Crippen LogP contribution in [0.4, 0.5) is 0 Å². The van der Waals surface area contributed by atoms with Gasteiger partial charge in [-0.1, -0.05) is 6.07 Å². The van der Waals surface area contributed by atoms with Crippen molar-refractivity contribution in [1.29, 1.82) is 0 Å². The number of carboxylic acid groups (broad SMARTS) is 1. The number of carbonyl (C=O) groups is 1. The van der Waals surface area contributed by atoms with Crippen molar-refractivity contribution < 1.29 is 18.3 Å². The monoisotopic (exact) mass is 269 g/mol. The quantitative estimate of drug-likeness (QED) is 0.881. The van der Waals surface area contributed by atoms with Gasteiger partial charge in [-0.2, -0.15) is 0 Å². The molecule has 0 spiro atoms. The predicted octanol–water partition coefficient (Wildman–Crippen LogP) is 0.904. The van der Waals surface area contributed by atoms with Crippen LogP contribution in [0.3, 0.4) is 0 Å². The Kier molecular flexibility index (Phi) is 3.38. The number of carboxylic acids is 1. The van der Waals surface area contributed by atoms with Gasteiger partial charge in [-0.15, -0.1) is 0 Å². The maximum absolute atomic E-state index is 11.5. The van der Waals surface area contributed by atoms with Gasteiger partial charge in [0, 0.05) is 18.3 Å². The zero-order valence-corrected chi connectivity index (χ0v) is 10.7. The standard InChI is InChI=1S/C12H15NO4S/c14-11(15)12(4-7-18(16,17)8-5-12)9-10-3-1-2-6-13-10/h1-3,6H,4-5,7-9H2,(H,14,15). The first-order valence-electron chi connectivity index (χ1n) is 5.77. The molecule has 2 rings (SSSR count). The molecule has 1 aromatic heterocycles. The number of aliphatic carboxylic acids is 1. The first-order chi connectivity index (χ1) is 8.44. The molecule has 6 heteroatoms. The molecule has 0 aromatic carbocycles. The molecule has 0 atom stereocenters. The number of sulfone groups is 1. The third kappa shape index (κ3) is 2.69. The highest BCUT2D eigenvalue weighted by molar-refractivity contribution is 7.91. The Bertz CT molecular complexity index is 524. The van der Waals surface area contributed by atoms with Gasteiger partial charge >= 0.3 is 5.97 Å². The molecule has 0 radical (unpaired) electrons. The maximum atomic E-state index is 11.5. The molecule has 1 aliphatic rings. The van der Waals surface area contributed by atoms with Crippen molar-refractivity contribution in [2.75, 3.05) is 11.5 Å². The average Bonchev–Trinajstić information content (AvgIpc) is 2.33. The van der Waals surface area contributed by atoms with Crippen LogP contribution in [0.25, 0.3) is 0 Å². The van der Waals surface area contributed by atoms with Crippen molar-refractivity contribution in [3.63, 3.8) is 0 Å². The van der Waals surface area contributed by atoms with Gasteiger partial charge in [0.2, 0.25) is 0 Å². The molecule has 18 heavy (non-hydrogen) atoms. The Morgan fingerprint density at radius 2 is 2.00 bits per heavy atom. The van der Waals surface area contributed by atoms with Crippen LogP contribution in [0.1, 0.15) is 18.5 Å².